The van der Waals surface area contributed by atoms with E-state index in [2.05, 4.69) is 0 Å². The number of rotatable bonds is 4. The van der Waals surface area contributed by atoms with E-state index < -0.39 is 254 Å². The van der Waals surface area contributed by atoms with Crippen LogP contribution < -0.4 is 31.1 Å². The summed E-state index contributed by atoms with van der Waals surface area (Å²) in [5.74, 6) is 0. The molecule has 0 aliphatic carbocycles. The van der Waals surface area contributed by atoms with Gasteiger partial charge in [0.15, 0.2) is 0 Å². The van der Waals surface area contributed by atoms with Crippen molar-refractivity contribution in [1.82, 2.24) is 4.57 Å². The third-order valence-corrected chi connectivity index (χ3v) is 14.3. The summed E-state index contributed by atoms with van der Waals surface area (Å²) in [7, 11) is 0. The van der Waals surface area contributed by atoms with Crippen LogP contribution in [-0.2, 0) is 16.2 Å². The first-order valence-electron chi connectivity index (χ1n) is 38.2. The average molecular weight is 979 g/mol. The van der Waals surface area contributed by atoms with E-state index in [0.717, 1.165) is 4.90 Å². The standard InChI is InChI=1S/C66H57BN4S/c1-64(2,3)40-27-30-53-48(33-40)50-34-42(66(7,8)9)36-58-62(50)70(53)55-25-18-24-51-63(55)71(58)57-39-46(68(43-19-12-10-13-20-43)44-21-14-11-15-22-44)38-56-61(57)67(51)52-35-41(65(4,5)6)28-31-54(52)69(56)45-29-32-60-49(37-45)47-23-16-17-26-59(47)72-60/h10-39H,1-9H3/i10D,11D,12D,13D,14D,15D,16D,17D,18D,19D,20D,21D,22D,23D,24D,25D,26D,27D,28D,29D,30D,31D,32D,33D,34D,35D,36D,37D,38D,39D. The van der Waals surface area contributed by atoms with Gasteiger partial charge in [0.2, 0.25) is 0 Å². The molecule has 6 heteroatoms. The van der Waals surface area contributed by atoms with Gasteiger partial charge in [0.05, 0.1) is 74.9 Å². The van der Waals surface area contributed by atoms with Gasteiger partial charge in [0, 0.05) is 65.1 Å². The third kappa shape index (κ3) is 6.24. The molecule has 0 atom stereocenters. The first-order valence-corrected chi connectivity index (χ1v) is 24.0. The van der Waals surface area contributed by atoms with E-state index in [1.54, 1.807) is 62.3 Å². The zero-order valence-electron chi connectivity index (χ0n) is 70.3. The van der Waals surface area contributed by atoms with Gasteiger partial charge in [-0.2, -0.15) is 0 Å². The number of hydrogen-bond acceptors (Lipinski definition) is 4. The van der Waals surface area contributed by atoms with E-state index >= 15 is 0 Å². The number of fused-ring (bicyclic) bond motifs is 12. The fraction of sp³-hybridized carbons (Fsp3) is 0.182. The van der Waals surface area contributed by atoms with E-state index in [1.807, 2.05) is 0 Å². The van der Waals surface area contributed by atoms with Crippen LogP contribution in [0.4, 0.5) is 51.2 Å². The highest BCUT2D eigenvalue weighted by molar-refractivity contribution is 7.25. The number of benzene rings is 9. The highest BCUT2D eigenvalue weighted by atomic mass is 32.1. The van der Waals surface area contributed by atoms with E-state index in [1.165, 1.54) is 9.47 Å². The third-order valence-electron chi connectivity index (χ3n) is 13.3. The fourth-order valence-electron chi connectivity index (χ4n) is 9.88. The quantitative estimate of drug-likeness (QED) is 0.163. The Morgan fingerprint density at radius 1 is 0.431 bits per heavy atom. The molecule has 0 N–H and O–H groups in total. The molecule has 0 amide bonds. The van der Waals surface area contributed by atoms with E-state index in [-0.39, 0.29) is 81.9 Å². The van der Waals surface area contributed by atoms with Gasteiger partial charge in [-0.25, -0.2) is 0 Å². The van der Waals surface area contributed by atoms with Crippen molar-refractivity contribution >= 4 is 128 Å². The van der Waals surface area contributed by atoms with Crippen molar-refractivity contribution in [2.24, 2.45) is 0 Å². The summed E-state index contributed by atoms with van der Waals surface area (Å²) in [6.07, 6.45) is 0. The van der Waals surface area contributed by atoms with E-state index in [9.17, 15) is 28.8 Å². The fourth-order valence-corrected chi connectivity index (χ4v) is 10.8. The molecule has 0 bridgehead atoms. The molecule has 9 aromatic carbocycles. The molecule has 72 heavy (non-hydrogen) atoms. The zero-order chi connectivity index (χ0) is 75.3. The van der Waals surface area contributed by atoms with Crippen LogP contribution in [0, 0.1) is 0 Å². The summed E-state index contributed by atoms with van der Waals surface area (Å²) in [5, 5.41) is -0.967. The van der Waals surface area contributed by atoms with Crippen LogP contribution in [0.3, 0.4) is 0 Å². The van der Waals surface area contributed by atoms with Crippen LogP contribution in [0.2, 0.25) is 0 Å². The summed E-state index contributed by atoms with van der Waals surface area (Å²) < 4.78 is 296. The van der Waals surface area contributed by atoms with E-state index in [4.69, 9.17) is 12.3 Å². The lowest BCUT2D eigenvalue weighted by Gasteiger charge is -2.47. The molecule has 0 saturated heterocycles. The van der Waals surface area contributed by atoms with Gasteiger partial charge in [-0.1, -0.05) is 147 Å². The molecular weight excluding hydrogens is 892 g/mol. The molecular formula is C66H57BN4S. The molecule has 2 aromatic heterocycles. The molecule has 0 saturated carbocycles. The molecule has 0 unspecified atom stereocenters. The molecule has 11 aromatic rings. The van der Waals surface area contributed by atoms with Gasteiger partial charge >= 0.3 is 0 Å². The lowest BCUT2D eigenvalue weighted by atomic mass is 9.33. The van der Waals surface area contributed by atoms with Crippen LogP contribution in [0.25, 0.3) is 47.7 Å². The maximum absolute atomic E-state index is 11.3. The Kier molecular flexibility index (Phi) is 4.69. The minimum absolute atomic E-state index is 0.0476. The molecule has 0 spiro atoms. The Morgan fingerprint density at radius 3 is 1.76 bits per heavy atom. The van der Waals surface area contributed by atoms with Crippen LogP contribution >= 0.6 is 11.3 Å². The number of thiophene rings is 1. The van der Waals surface area contributed by atoms with Gasteiger partial charge in [-0.05, 0) is 146 Å². The SMILES string of the molecule is [2H]c1c([2H])c([2H])c(N(c2c([2H])c([2H])c([2H])c([2H])c2[2H])c2c([2H])c3c4c(c2[2H])N2c5c(c([2H])c([2H])c([2H])c5-n5c6c([2H])c([2H])c(C(C)(C)C)c([2H])c6c6c([2H])c(C(C)(C)C)c([2H])c2c65)B4c2c([2H])c(C(C)(C)C)c([2H])c([2H])c2N3c2c([2H])c([2H])c3sc4c([2H])c([2H])c([2H])c([2H])c4c3c2[2H])c([2H])c1[2H]. The maximum atomic E-state index is 11.3. The summed E-state index contributed by atoms with van der Waals surface area (Å²) in [6, 6.07) is -25.2. The Hall–Kier alpha value is -7.54. The second-order valence-electron chi connectivity index (χ2n) is 21.1. The molecule has 14 rings (SSSR count). The van der Waals surface area contributed by atoms with E-state index in [0.29, 0.717) is 16.2 Å². The molecule has 5 heterocycles. The molecule has 3 aliphatic rings. The predicted molar refractivity (Wildman–Crippen MR) is 312 cm³/mol. The minimum atomic E-state index is -1.98. The largest absolute Gasteiger partial charge is 0.311 e. The Labute approximate surface area is 469 Å². The van der Waals surface area contributed by atoms with Crippen molar-refractivity contribution in [2.75, 3.05) is 14.7 Å². The number of hydrogen-bond donors (Lipinski definition) is 0. The number of anilines is 9. The lowest BCUT2D eigenvalue weighted by Crippen LogP contribution is -2.62. The van der Waals surface area contributed by atoms with Gasteiger partial charge < -0.3 is 19.3 Å². The van der Waals surface area contributed by atoms with Crippen LogP contribution in [0.1, 0.15) is 120 Å². The molecule has 4 nitrogen and oxygen atoms in total. The highest BCUT2D eigenvalue weighted by Gasteiger charge is 2.47. The molecule has 0 fully saturated rings. The first kappa shape index (κ1) is 22.5. The van der Waals surface area contributed by atoms with Crippen molar-refractivity contribution in [3.63, 3.8) is 0 Å². The number of aromatic nitrogens is 1. The molecule has 350 valence electrons. The van der Waals surface area contributed by atoms with Crippen LogP contribution in [0.15, 0.2) is 181 Å². The summed E-state index contributed by atoms with van der Waals surface area (Å²) >= 11 is 0.655. The monoisotopic (exact) mass is 979 g/mol. The van der Waals surface area contributed by atoms with Gasteiger partial charge in [-0.3, -0.25) is 0 Å². The highest BCUT2D eigenvalue weighted by Crippen LogP contribution is 2.55. The van der Waals surface area contributed by atoms with Crippen molar-refractivity contribution in [1.29, 1.82) is 0 Å². The summed E-state index contributed by atoms with van der Waals surface area (Å²) in [5.41, 5.74) is -12.8. The minimum Gasteiger partial charge on any atom is -0.311 e. The smallest absolute Gasteiger partial charge is 0.252 e. The second-order valence-corrected chi connectivity index (χ2v) is 22.1. The number of para-hydroxylation sites is 3. The molecule has 3 aliphatic heterocycles. The van der Waals surface area contributed by atoms with Crippen molar-refractivity contribution in [3.05, 3.63) is 198 Å². The maximum Gasteiger partial charge on any atom is 0.252 e. The predicted octanol–water partition coefficient (Wildman–Crippen LogP) is 16.9. The van der Waals surface area contributed by atoms with Crippen molar-refractivity contribution in [3.8, 4) is 5.69 Å². The zero-order valence-corrected chi connectivity index (χ0v) is 41.1. The van der Waals surface area contributed by atoms with Gasteiger partial charge in [0.25, 0.3) is 6.71 Å². The summed E-state index contributed by atoms with van der Waals surface area (Å²) in [6.45, 7) is 13.1. The van der Waals surface area contributed by atoms with Crippen molar-refractivity contribution < 1.29 is 41.1 Å². The van der Waals surface area contributed by atoms with Gasteiger partial charge in [-0.15, -0.1) is 11.3 Å². The molecule has 0 radical (unpaired) electrons. The lowest BCUT2D eigenvalue weighted by molar-refractivity contribution is 0.590. The first-order chi connectivity index (χ1) is 47.2. The summed E-state index contributed by atoms with van der Waals surface area (Å²) in [4.78, 5) is 2.57. The van der Waals surface area contributed by atoms with Crippen LogP contribution in [-0.4, -0.2) is 11.3 Å². The van der Waals surface area contributed by atoms with Crippen LogP contribution in [0.5, 0.6) is 0 Å². The number of nitrogens with zero attached hydrogens (tertiary/aromatic N) is 4. The normalized spacial score (nSPS) is 19.7. The Balaban J connectivity index is 1.35. The van der Waals surface area contributed by atoms with Gasteiger partial charge in [0.1, 0.15) is 0 Å². The average Bonchev–Trinajstić information content (AvgIpc) is 1.18. The topological polar surface area (TPSA) is 14.7 Å². The second kappa shape index (κ2) is 15.0. The van der Waals surface area contributed by atoms with Crippen molar-refractivity contribution in [2.45, 2.75) is 78.6 Å². The Morgan fingerprint density at radius 2 is 1.06 bits per heavy atom. The Bertz CT molecular complexity index is 5750.